The van der Waals surface area contributed by atoms with E-state index in [4.69, 9.17) is 0 Å². The fraction of sp³-hybridized carbons (Fsp3) is 0.500. The fourth-order valence-corrected chi connectivity index (χ4v) is 3.50. The molecular formula is C16H22N4O2S. The van der Waals surface area contributed by atoms with Crippen molar-refractivity contribution in [2.75, 3.05) is 12.3 Å². The molecule has 1 heterocycles. The van der Waals surface area contributed by atoms with Crippen LogP contribution in [0.1, 0.15) is 30.9 Å². The van der Waals surface area contributed by atoms with Crippen LogP contribution >= 0.6 is 0 Å². The largest absolute Gasteiger partial charge is 0.252 e. The molecular weight excluding hydrogens is 312 g/mol. The minimum absolute atomic E-state index is 0.110. The molecule has 1 aliphatic carbocycles. The van der Waals surface area contributed by atoms with Crippen molar-refractivity contribution in [1.29, 1.82) is 0 Å². The Labute approximate surface area is 137 Å². The Bertz CT molecular complexity index is 783. The zero-order valence-electron chi connectivity index (χ0n) is 13.3. The van der Waals surface area contributed by atoms with E-state index in [-0.39, 0.29) is 5.75 Å². The number of nitrogens with zero attached hydrogens (tertiary/aromatic N) is 3. The number of aromatic nitrogens is 3. The Morgan fingerprint density at radius 1 is 1.26 bits per heavy atom. The highest BCUT2D eigenvalue weighted by atomic mass is 32.2. The summed E-state index contributed by atoms with van der Waals surface area (Å²) in [6, 6.07) is 6.51. The first-order chi connectivity index (χ1) is 11.1. The summed E-state index contributed by atoms with van der Waals surface area (Å²) >= 11 is 0. The molecule has 1 aliphatic rings. The number of sulfonamides is 1. The second-order valence-electron chi connectivity index (χ2n) is 5.86. The molecule has 0 atom stereocenters. The number of aryl methyl sites for hydroxylation is 3. The van der Waals surface area contributed by atoms with E-state index in [1.807, 2.05) is 6.20 Å². The van der Waals surface area contributed by atoms with E-state index >= 15 is 0 Å². The Hall–Kier alpha value is -1.73. The summed E-state index contributed by atoms with van der Waals surface area (Å²) in [7, 11) is -3.11. The molecule has 0 bridgehead atoms. The molecule has 0 spiro atoms. The molecule has 0 saturated heterocycles. The van der Waals surface area contributed by atoms with Crippen LogP contribution in [0.4, 0.5) is 0 Å². The molecule has 0 saturated carbocycles. The number of hydrogen-bond donors (Lipinski definition) is 1. The molecule has 1 N–H and O–H groups in total. The molecule has 2 aromatic rings. The molecule has 3 rings (SSSR count). The van der Waals surface area contributed by atoms with Gasteiger partial charge in [-0.2, -0.15) is 0 Å². The van der Waals surface area contributed by atoms with E-state index in [2.05, 4.69) is 33.2 Å². The Kier molecular flexibility index (Phi) is 4.77. The van der Waals surface area contributed by atoms with E-state index in [9.17, 15) is 8.42 Å². The van der Waals surface area contributed by atoms with Crippen LogP contribution < -0.4 is 4.72 Å². The van der Waals surface area contributed by atoms with Crippen LogP contribution in [-0.4, -0.2) is 35.7 Å². The summed E-state index contributed by atoms with van der Waals surface area (Å²) in [5.74, 6) is 0.110. The number of nitrogens with one attached hydrogen (secondary N) is 1. The third-order valence-electron chi connectivity index (χ3n) is 4.20. The molecule has 0 amide bonds. The van der Waals surface area contributed by atoms with E-state index in [0.717, 1.165) is 17.7 Å². The molecule has 7 heteroatoms. The second kappa shape index (κ2) is 6.80. The first-order valence-electron chi connectivity index (χ1n) is 8.07. The summed E-state index contributed by atoms with van der Waals surface area (Å²) in [4.78, 5) is 0. The Morgan fingerprint density at radius 2 is 2.09 bits per heavy atom. The molecule has 0 radical (unpaired) electrons. The van der Waals surface area contributed by atoms with Crippen molar-refractivity contribution in [2.45, 2.75) is 39.2 Å². The lowest BCUT2D eigenvalue weighted by Gasteiger charge is -2.04. The first-order valence-corrected chi connectivity index (χ1v) is 9.72. The van der Waals surface area contributed by atoms with Crippen molar-refractivity contribution in [2.24, 2.45) is 0 Å². The number of benzene rings is 1. The second-order valence-corrected chi connectivity index (χ2v) is 7.95. The fourth-order valence-electron chi connectivity index (χ4n) is 2.84. The van der Waals surface area contributed by atoms with Gasteiger partial charge in [-0.25, -0.2) is 13.1 Å². The zero-order valence-corrected chi connectivity index (χ0v) is 14.1. The van der Waals surface area contributed by atoms with Gasteiger partial charge in [0.05, 0.1) is 11.9 Å². The van der Waals surface area contributed by atoms with Gasteiger partial charge < -0.3 is 0 Å². The molecule has 124 valence electrons. The molecule has 1 aromatic carbocycles. The standard InChI is InChI=1S/C16H22N4O2S/c1-2-23(21,22)17-9-4-10-20-12-16(18-19-20)15-8-7-13-5-3-6-14(13)11-15/h7-8,11-12,17H,2-6,9-10H2,1H3. The van der Waals surface area contributed by atoms with Gasteiger partial charge in [0.15, 0.2) is 0 Å². The lowest BCUT2D eigenvalue weighted by atomic mass is 10.0. The smallest absolute Gasteiger partial charge is 0.211 e. The lowest BCUT2D eigenvalue weighted by Crippen LogP contribution is -2.26. The third-order valence-corrected chi connectivity index (χ3v) is 5.60. The van der Waals surface area contributed by atoms with Crippen LogP contribution in [0, 0.1) is 0 Å². The molecule has 0 fully saturated rings. The minimum atomic E-state index is -3.11. The lowest BCUT2D eigenvalue weighted by molar-refractivity contribution is 0.543. The van der Waals surface area contributed by atoms with Gasteiger partial charge in [-0.1, -0.05) is 17.3 Å². The monoisotopic (exact) mass is 334 g/mol. The topological polar surface area (TPSA) is 76.9 Å². The van der Waals surface area contributed by atoms with Crippen LogP contribution in [0.3, 0.4) is 0 Å². The maximum absolute atomic E-state index is 11.3. The average molecular weight is 334 g/mol. The van der Waals surface area contributed by atoms with Crippen LogP contribution in [0.15, 0.2) is 24.4 Å². The predicted molar refractivity (Wildman–Crippen MR) is 89.6 cm³/mol. The van der Waals surface area contributed by atoms with Crippen LogP contribution in [0.5, 0.6) is 0 Å². The van der Waals surface area contributed by atoms with E-state index in [0.29, 0.717) is 19.5 Å². The van der Waals surface area contributed by atoms with Crippen molar-refractivity contribution in [3.8, 4) is 11.3 Å². The summed E-state index contributed by atoms with van der Waals surface area (Å²) < 4.78 is 27.0. The van der Waals surface area contributed by atoms with E-state index < -0.39 is 10.0 Å². The van der Waals surface area contributed by atoms with Crippen molar-refractivity contribution in [1.82, 2.24) is 19.7 Å². The molecule has 6 nitrogen and oxygen atoms in total. The number of rotatable bonds is 7. The Balaban J connectivity index is 1.58. The average Bonchev–Trinajstić information content (AvgIpc) is 3.19. The summed E-state index contributed by atoms with van der Waals surface area (Å²) in [6.07, 6.45) is 6.17. The van der Waals surface area contributed by atoms with Crippen molar-refractivity contribution < 1.29 is 8.42 Å². The highest BCUT2D eigenvalue weighted by Gasteiger charge is 2.13. The normalized spacial score (nSPS) is 14.1. The number of hydrogen-bond acceptors (Lipinski definition) is 4. The maximum atomic E-state index is 11.3. The highest BCUT2D eigenvalue weighted by molar-refractivity contribution is 7.89. The highest BCUT2D eigenvalue weighted by Crippen LogP contribution is 2.26. The van der Waals surface area contributed by atoms with Crippen molar-refractivity contribution in [3.63, 3.8) is 0 Å². The van der Waals surface area contributed by atoms with Crippen LogP contribution in [0.2, 0.25) is 0 Å². The van der Waals surface area contributed by atoms with E-state index in [1.54, 1.807) is 11.6 Å². The zero-order chi connectivity index (χ0) is 16.3. The summed E-state index contributed by atoms with van der Waals surface area (Å²) in [6.45, 7) is 2.69. The molecule has 1 aromatic heterocycles. The quantitative estimate of drug-likeness (QED) is 0.783. The van der Waals surface area contributed by atoms with Crippen molar-refractivity contribution in [3.05, 3.63) is 35.5 Å². The predicted octanol–water partition coefficient (Wildman–Crippen LogP) is 1.76. The summed E-state index contributed by atoms with van der Waals surface area (Å²) in [5.41, 5.74) is 4.84. The van der Waals surface area contributed by atoms with Gasteiger partial charge in [0.25, 0.3) is 0 Å². The van der Waals surface area contributed by atoms with Crippen LogP contribution in [0.25, 0.3) is 11.3 Å². The van der Waals surface area contributed by atoms with Gasteiger partial charge in [0, 0.05) is 18.7 Å². The minimum Gasteiger partial charge on any atom is -0.252 e. The maximum Gasteiger partial charge on any atom is 0.211 e. The third kappa shape index (κ3) is 3.97. The van der Waals surface area contributed by atoms with Gasteiger partial charge in [-0.3, -0.25) is 4.68 Å². The van der Waals surface area contributed by atoms with Crippen molar-refractivity contribution >= 4 is 10.0 Å². The Morgan fingerprint density at radius 3 is 2.91 bits per heavy atom. The molecule has 23 heavy (non-hydrogen) atoms. The first kappa shape index (κ1) is 16.1. The SMILES string of the molecule is CCS(=O)(=O)NCCCn1cc(-c2ccc3c(c2)CCC3)nn1. The van der Waals surface area contributed by atoms with Gasteiger partial charge in [0.2, 0.25) is 10.0 Å². The van der Waals surface area contributed by atoms with E-state index in [1.165, 1.54) is 24.0 Å². The number of fused-ring (bicyclic) bond motifs is 1. The van der Waals surface area contributed by atoms with Gasteiger partial charge in [0.1, 0.15) is 5.69 Å². The van der Waals surface area contributed by atoms with Crippen LogP contribution in [-0.2, 0) is 29.4 Å². The van der Waals surface area contributed by atoms with Gasteiger partial charge >= 0.3 is 0 Å². The molecule has 0 unspecified atom stereocenters. The van der Waals surface area contributed by atoms with Gasteiger partial charge in [-0.15, -0.1) is 5.10 Å². The summed E-state index contributed by atoms with van der Waals surface area (Å²) in [5, 5.41) is 8.36. The van der Waals surface area contributed by atoms with Gasteiger partial charge in [-0.05, 0) is 49.8 Å². The molecule has 0 aliphatic heterocycles.